The van der Waals surface area contributed by atoms with Gasteiger partial charge in [0.1, 0.15) is 0 Å². The van der Waals surface area contributed by atoms with Gasteiger partial charge in [0.05, 0.1) is 0 Å². The molecular formula is C16H21NO2. The average molecular weight is 259 g/mol. The third-order valence-electron chi connectivity index (χ3n) is 4.65. The summed E-state index contributed by atoms with van der Waals surface area (Å²) in [5, 5.41) is 8.67. The number of hydrogen-bond donors (Lipinski definition) is 1. The highest BCUT2D eigenvalue weighted by Crippen LogP contribution is 2.46. The zero-order valence-corrected chi connectivity index (χ0v) is 11.3. The van der Waals surface area contributed by atoms with Crippen LogP contribution >= 0.6 is 0 Å². The van der Waals surface area contributed by atoms with Crippen LogP contribution in [-0.2, 0) is 11.2 Å². The normalized spacial score (nSPS) is 20.5. The number of benzene rings is 1. The predicted octanol–water partition coefficient (Wildman–Crippen LogP) is 3.08. The van der Waals surface area contributed by atoms with Crippen molar-refractivity contribution >= 4 is 11.7 Å². The number of hydrogen-bond acceptors (Lipinski definition) is 2. The van der Waals surface area contributed by atoms with E-state index >= 15 is 0 Å². The van der Waals surface area contributed by atoms with E-state index in [0.29, 0.717) is 11.8 Å². The topological polar surface area (TPSA) is 40.5 Å². The Morgan fingerprint density at radius 1 is 1.16 bits per heavy atom. The van der Waals surface area contributed by atoms with Crippen LogP contribution < -0.4 is 4.90 Å². The number of carboxylic acids is 1. The van der Waals surface area contributed by atoms with Gasteiger partial charge < -0.3 is 10.0 Å². The second kappa shape index (κ2) is 4.87. The molecule has 1 aliphatic heterocycles. The molecule has 2 fully saturated rings. The second-order valence-corrected chi connectivity index (χ2v) is 6.12. The number of aliphatic carboxylic acids is 1. The zero-order chi connectivity index (χ0) is 13.3. The van der Waals surface area contributed by atoms with E-state index in [-0.39, 0.29) is 6.42 Å². The molecule has 1 heterocycles. The maximum Gasteiger partial charge on any atom is 0.303 e. The summed E-state index contributed by atoms with van der Waals surface area (Å²) in [6.07, 6.45) is 6.45. The maximum absolute atomic E-state index is 10.5. The Morgan fingerprint density at radius 3 is 2.37 bits per heavy atom. The summed E-state index contributed by atoms with van der Waals surface area (Å²) in [6, 6.07) is 8.41. The standard InChI is InChI=1S/C16H21NO2/c18-15(19)8-5-13-3-6-14(7-4-13)17-11-16(12-17)9-1-2-10-16/h3-4,6-7H,1-2,5,8-12H2,(H,18,19). The molecule has 1 aliphatic carbocycles. The highest BCUT2D eigenvalue weighted by molar-refractivity contribution is 5.67. The van der Waals surface area contributed by atoms with Crippen molar-refractivity contribution < 1.29 is 9.90 Å². The number of carbonyl (C=O) groups is 1. The quantitative estimate of drug-likeness (QED) is 0.903. The van der Waals surface area contributed by atoms with Crippen molar-refractivity contribution in [3.05, 3.63) is 29.8 Å². The Labute approximate surface area is 114 Å². The lowest BCUT2D eigenvalue weighted by Gasteiger charge is -2.49. The summed E-state index contributed by atoms with van der Waals surface area (Å²) in [7, 11) is 0. The summed E-state index contributed by atoms with van der Waals surface area (Å²) in [6.45, 7) is 2.42. The molecule has 0 unspecified atom stereocenters. The van der Waals surface area contributed by atoms with Crippen molar-refractivity contribution in [1.82, 2.24) is 0 Å². The molecule has 1 saturated heterocycles. The Morgan fingerprint density at radius 2 is 1.79 bits per heavy atom. The Hall–Kier alpha value is -1.51. The molecule has 1 aromatic carbocycles. The van der Waals surface area contributed by atoms with Crippen LogP contribution in [0.15, 0.2) is 24.3 Å². The molecule has 19 heavy (non-hydrogen) atoms. The summed E-state index contributed by atoms with van der Waals surface area (Å²) in [4.78, 5) is 13.0. The van der Waals surface area contributed by atoms with Gasteiger partial charge in [-0.25, -0.2) is 0 Å². The minimum Gasteiger partial charge on any atom is -0.481 e. The van der Waals surface area contributed by atoms with Gasteiger partial charge in [-0.15, -0.1) is 0 Å². The molecule has 0 radical (unpaired) electrons. The maximum atomic E-state index is 10.5. The van der Waals surface area contributed by atoms with Crippen LogP contribution in [0.3, 0.4) is 0 Å². The average Bonchev–Trinajstić information content (AvgIpc) is 2.85. The monoisotopic (exact) mass is 259 g/mol. The molecule has 0 bridgehead atoms. The van der Waals surface area contributed by atoms with Crippen LogP contribution in [0, 0.1) is 5.41 Å². The summed E-state index contributed by atoms with van der Waals surface area (Å²) >= 11 is 0. The van der Waals surface area contributed by atoms with E-state index in [4.69, 9.17) is 5.11 Å². The van der Waals surface area contributed by atoms with Crippen LogP contribution in [0.2, 0.25) is 0 Å². The van der Waals surface area contributed by atoms with Gasteiger partial charge >= 0.3 is 5.97 Å². The fourth-order valence-electron chi connectivity index (χ4n) is 3.51. The van der Waals surface area contributed by atoms with E-state index in [0.717, 1.165) is 5.56 Å². The molecular weight excluding hydrogens is 238 g/mol. The van der Waals surface area contributed by atoms with Crippen molar-refractivity contribution in [1.29, 1.82) is 0 Å². The fraction of sp³-hybridized carbons (Fsp3) is 0.562. The van der Waals surface area contributed by atoms with Gasteiger partial charge in [-0.2, -0.15) is 0 Å². The summed E-state index contributed by atoms with van der Waals surface area (Å²) in [5.41, 5.74) is 3.03. The van der Waals surface area contributed by atoms with Crippen LogP contribution in [0.4, 0.5) is 5.69 Å². The third kappa shape index (κ3) is 2.60. The van der Waals surface area contributed by atoms with Crippen LogP contribution in [-0.4, -0.2) is 24.2 Å². The summed E-state index contributed by atoms with van der Waals surface area (Å²) in [5.74, 6) is -0.727. The highest BCUT2D eigenvalue weighted by atomic mass is 16.4. The molecule has 0 amide bonds. The molecule has 1 spiro atoms. The van der Waals surface area contributed by atoms with Crippen LogP contribution in [0.25, 0.3) is 0 Å². The SMILES string of the molecule is O=C(O)CCc1ccc(N2CC3(CCCC3)C2)cc1. The second-order valence-electron chi connectivity index (χ2n) is 6.12. The van der Waals surface area contributed by atoms with Gasteiger partial charge in [0, 0.05) is 30.6 Å². The Kier molecular flexibility index (Phi) is 3.21. The van der Waals surface area contributed by atoms with Gasteiger partial charge in [0.25, 0.3) is 0 Å². The number of rotatable bonds is 4. The van der Waals surface area contributed by atoms with Crippen molar-refractivity contribution in [2.75, 3.05) is 18.0 Å². The Bertz CT molecular complexity index is 452. The first kappa shape index (κ1) is 12.5. The number of anilines is 1. The first-order valence-corrected chi connectivity index (χ1v) is 7.23. The van der Waals surface area contributed by atoms with Crippen molar-refractivity contribution in [3.8, 4) is 0 Å². The predicted molar refractivity (Wildman–Crippen MR) is 75.5 cm³/mol. The number of carboxylic acid groups (broad SMARTS) is 1. The lowest BCUT2D eigenvalue weighted by Crippen LogP contribution is -2.55. The molecule has 1 aromatic rings. The molecule has 0 atom stereocenters. The molecule has 1 saturated carbocycles. The molecule has 102 valence electrons. The van der Waals surface area contributed by atoms with E-state index in [9.17, 15) is 4.79 Å². The molecule has 3 rings (SSSR count). The van der Waals surface area contributed by atoms with Crippen LogP contribution in [0.1, 0.15) is 37.7 Å². The molecule has 3 heteroatoms. The minimum absolute atomic E-state index is 0.214. The fourth-order valence-corrected chi connectivity index (χ4v) is 3.51. The molecule has 3 nitrogen and oxygen atoms in total. The van der Waals surface area contributed by atoms with E-state index in [1.54, 1.807) is 0 Å². The minimum atomic E-state index is -0.727. The van der Waals surface area contributed by atoms with Gasteiger partial charge in [-0.3, -0.25) is 4.79 Å². The van der Waals surface area contributed by atoms with Crippen LogP contribution in [0.5, 0.6) is 0 Å². The Balaban J connectivity index is 1.56. The van der Waals surface area contributed by atoms with E-state index in [2.05, 4.69) is 29.2 Å². The number of nitrogens with zero attached hydrogens (tertiary/aromatic N) is 1. The van der Waals surface area contributed by atoms with E-state index in [1.807, 2.05) is 0 Å². The first-order valence-electron chi connectivity index (χ1n) is 7.23. The van der Waals surface area contributed by atoms with Crippen molar-refractivity contribution in [3.63, 3.8) is 0 Å². The van der Waals surface area contributed by atoms with Gasteiger partial charge in [-0.1, -0.05) is 25.0 Å². The zero-order valence-electron chi connectivity index (χ0n) is 11.3. The molecule has 2 aliphatic rings. The van der Waals surface area contributed by atoms with Crippen molar-refractivity contribution in [2.24, 2.45) is 5.41 Å². The smallest absolute Gasteiger partial charge is 0.303 e. The third-order valence-corrected chi connectivity index (χ3v) is 4.65. The summed E-state index contributed by atoms with van der Waals surface area (Å²) < 4.78 is 0. The molecule has 1 N–H and O–H groups in total. The van der Waals surface area contributed by atoms with Gasteiger partial charge in [0.15, 0.2) is 0 Å². The number of aryl methyl sites for hydroxylation is 1. The largest absolute Gasteiger partial charge is 0.481 e. The first-order chi connectivity index (χ1) is 9.17. The van der Waals surface area contributed by atoms with Gasteiger partial charge in [-0.05, 0) is 37.0 Å². The van der Waals surface area contributed by atoms with E-state index < -0.39 is 5.97 Å². The van der Waals surface area contributed by atoms with Crippen molar-refractivity contribution in [2.45, 2.75) is 38.5 Å². The lowest BCUT2D eigenvalue weighted by atomic mass is 9.78. The van der Waals surface area contributed by atoms with E-state index in [1.165, 1.54) is 44.5 Å². The lowest BCUT2D eigenvalue weighted by molar-refractivity contribution is -0.136. The molecule has 0 aromatic heterocycles. The van der Waals surface area contributed by atoms with Gasteiger partial charge in [0.2, 0.25) is 0 Å². The highest BCUT2D eigenvalue weighted by Gasteiger charge is 2.44.